The average Bonchev–Trinajstić information content (AvgIpc) is 2.69. The highest BCUT2D eigenvalue weighted by Gasteiger charge is 1.98. The number of carbonyl (C=O) groups is 1. The molecule has 0 saturated carbocycles. The summed E-state index contributed by atoms with van der Waals surface area (Å²) in [5.41, 5.74) is 1.30. The van der Waals surface area contributed by atoms with Gasteiger partial charge in [-0.05, 0) is 35.4 Å². The summed E-state index contributed by atoms with van der Waals surface area (Å²) < 4.78 is 4.54. The van der Waals surface area contributed by atoms with Gasteiger partial charge in [0, 0.05) is 13.0 Å². The molecule has 14 heavy (non-hydrogen) atoms. The van der Waals surface area contributed by atoms with Gasteiger partial charge in [0.25, 0.3) is 0 Å². The minimum absolute atomic E-state index is 0.137. The largest absolute Gasteiger partial charge is 0.469 e. The number of methoxy groups -OCH3 is 1. The number of thiophene rings is 1. The Kier molecular flexibility index (Phi) is 5.25. The van der Waals surface area contributed by atoms with Crippen LogP contribution in [0.5, 0.6) is 0 Å². The first kappa shape index (κ1) is 11.2. The van der Waals surface area contributed by atoms with Gasteiger partial charge >= 0.3 is 5.97 Å². The Morgan fingerprint density at radius 3 is 3.14 bits per heavy atom. The van der Waals surface area contributed by atoms with Crippen LogP contribution in [0.4, 0.5) is 0 Å². The summed E-state index contributed by atoms with van der Waals surface area (Å²) in [6.45, 7) is 1.73. The molecule has 0 spiro atoms. The Balaban J connectivity index is 1.97. The molecular formula is C10H15NO2S. The standard InChI is InChI=1S/C10H15NO2S/c1-13-10(12)3-2-5-11-7-9-4-6-14-8-9/h4,6,8,11H,2-3,5,7H2,1H3. The van der Waals surface area contributed by atoms with Crippen LogP contribution >= 0.6 is 11.3 Å². The smallest absolute Gasteiger partial charge is 0.305 e. The van der Waals surface area contributed by atoms with E-state index in [1.165, 1.54) is 12.7 Å². The summed E-state index contributed by atoms with van der Waals surface area (Å²) in [4.78, 5) is 10.8. The predicted octanol–water partition coefficient (Wildman–Crippen LogP) is 1.79. The number of nitrogens with one attached hydrogen (secondary N) is 1. The van der Waals surface area contributed by atoms with Gasteiger partial charge in [-0.15, -0.1) is 0 Å². The zero-order valence-electron chi connectivity index (χ0n) is 8.29. The van der Waals surface area contributed by atoms with Crippen LogP contribution in [0.15, 0.2) is 16.8 Å². The molecule has 78 valence electrons. The third-order valence-electron chi connectivity index (χ3n) is 1.87. The molecule has 1 heterocycles. The number of esters is 1. The molecule has 1 rings (SSSR count). The fourth-order valence-electron chi connectivity index (χ4n) is 1.09. The van der Waals surface area contributed by atoms with E-state index >= 15 is 0 Å². The van der Waals surface area contributed by atoms with E-state index in [1.807, 2.05) is 0 Å². The summed E-state index contributed by atoms with van der Waals surface area (Å²) in [6.07, 6.45) is 1.32. The van der Waals surface area contributed by atoms with Crippen LogP contribution in [0.2, 0.25) is 0 Å². The maximum Gasteiger partial charge on any atom is 0.305 e. The Labute approximate surface area is 88.1 Å². The Morgan fingerprint density at radius 1 is 1.64 bits per heavy atom. The lowest BCUT2D eigenvalue weighted by molar-refractivity contribution is -0.140. The molecule has 0 atom stereocenters. The Hall–Kier alpha value is -0.870. The van der Waals surface area contributed by atoms with Crippen molar-refractivity contribution in [1.29, 1.82) is 0 Å². The molecule has 0 aliphatic heterocycles. The lowest BCUT2D eigenvalue weighted by atomic mass is 10.3. The zero-order chi connectivity index (χ0) is 10.2. The van der Waals surface area contributed by atoms with Gasteiger partial charge < -0.3 is 10.1 Å². The normalized spacial score (nSPS) is 10.1. The lowest BCUT2D eigenvalue weighted by Crippen LogP contribution is -2.15. The molecule has 4 heteroatoms. The van der Waals surface area contributed by atoms with Gasteiger partial charge in [-0.3, -0.25) is 4.79 Å². The molecule has 1 N–H and O–H groups in total. The zero-order valence-corrected chi connectivity index (χ0v) is 9.10. The molecule has 0 aliphatic carbocycles. The van der Waals surface area contributed by atoms with Crippen LogP contribution in [0.25, 0.3) is 0 Å². The monoisotopic (exact) mass is 213 g/mol. The van der Waals surface area contributed by atoms with E-state index in [4.69, 9.17) is 0 Å². The number of hydrogen-bond donors (Lipinski definition) is 1. The van der Waals surface area contributed by atoms with Crippen molar-refractivity contribution < 1.29 is 9.53 Å². The van der Waals surface area contributed by atoms with Gasteiger partial charge in [-0.1, -0.05) is 0 Å². The predicted molar refractivity (Wildman–Crippen MR) is 57.3 cm³/mol. The van der Waals surface area contributed by atoms with Crippen molar-refractivity contribution in [3.05, 3.63) is 22.4 Å². The SMILES string of the molecule is COC(=O)CCCNCc1ccsc1. The van der Waals surface area contributed by atoms with Crippen molar-refractivity contribution in [2.24, 2.45) is 0 Å². The first-order valence-electron chi connectivity index (χ1n) is 4.61. The Morgan fingerprint density at radius 2 is 2.50 bits per heavy atom. The van der Waals surface area contributed by atoms with E-state index < -0.39 is 0 Å². The second-order valence-electron chi connectivity index (χ2n) is 2.99. The van der Waals surface area contributed by atoms with Crippen LogP contribution in [0.1, 0.15) is 18.4 Å². The third kappa shape index (κ3) is 4.39. The topological polar surface area (TPSA) is 38.3 Å². The molecule has 0 bridgehead atoms. The van der Waals surface area contributed by atoms with Gasteiger partial charge in [0.15, 0.2) is 0 Å². The summed E-state index contributed by atoms with van der Waals surface area (Å²) in [7, 11) is 1.42. The lowest BCUT2D eigenvalue weighted by Gasteiger charge is -2.02. The van der Waals surface area contributed by atoms with Gasteiger partial charge in [-0.25, -0.2) is 0 Å². The number of carbonyl (C=O) groups excluding carboxylic acids is 1. The first-order valence-corrected chi connectivity index (χ1v) is 5.56. The quantitative estimate of drug-likeness (QED) is 0.578. The van der Waals surface area contributed by atoms with Crippen LogP contribution < -0.4 is 5.32 Å². The fourth-order valence-corrected chi connectivity index (χ4v) is 1.75. The minimum atomic E-state index is -0.137. The van der Waals surface area contributed by atoms with E-state index in [2.05, 4.69) is 26.9 Å². The highest BCUT2D eigenvalue weighted by Crippen LogP contribution is 2.04. The summed E-state index contributed by atoms with van der Waals surface area (Å²) in [5.74, 6) is -0.137. The van der Waals surface area contributed by atoms with Crippen LogP contribution in [-0.4, -0.2) is 19.6 Å². The second-order valence-corrected chi connectivity index (χ2v) is 3.77. The van der Waals surface area contributed by atoms with E-state index in [1.54, 1.807) is 11.3 Å². The third-order valence-corrected chi connectivity index (χ3v) is 2.60. The summed E-state index contributed by atoms with van der Waals surface area (Å²) in [5, 5.41) is 7.45. The first-order chi connectivity index (χ1) is 6.83. The molecule has 0 fully saturated rings. The van der Waals surface area contributed by atoms with Gasteiger partial charge in [0.1, 0.15) is 0 Å². The molecule has 0 radical (unpaired) electrons. The molecule has 0 aliphatic rings. The van der Waals surface area contributed by atoms with Crippen molar-refractivity contribution in [3.8, 4) is 0 Å². The molecule has 1 aromatic rings. The molecule has 0 unspecified atom stereocenters. The van der Waals surface area contributed by atoms with Crippen LogP contribution in [0, 0.1) is 0 Å². The van der Waals surface area contributed by atoms with E-state index in [9.17, 15) is 4.79 Å². The molecule has 1 aromatic heterocycles. The van der Waals surface area contributed by atoms with Crippen LogP contribution in [0.3, 0.4) is 0 Å². The van der Waals surface area contributed by atoms with Gasteiger partial charge in [0.2, 0.25) is 0 Å². The highest BCUT2D eigenvalue weighted by molar-refractivity contribution is 7.07. The van der Waals surface area contributed by atoms with Crippen molar-refractivity contribution in [3.63, 3.8) is 0 Å². The second kappa shape index (κ2) is 6.56. The van der Waals surface area contributed by atoms with E-state index in [0.717, 1.165) is 19.5 Å². The fraction of sp³-hybridized carbons (Fsp3) is 0.500. The average molecular weight is 213 g/mol. The maximum absolute atomic E-state index is 10.8. The van der Waals surface area contributed by atoms with Crippen molar-refractivity contribution in [1.82, 2.24) is 5.32 Å². The van der Waals surface area contributed by atoms with Gasteiger partial charge in [-0.2, -0.15) is 11.3 Å². The molecule has 3 nitrogen and oxygen atoms in total. The molecule has 0 aromatic carbocycles. The number of rotatable bonds is 6. The number of ether oxygens (including phenoxy) is 1. The summed E-state index contributed by atoms with van der Waals surface area (Å²) in [6, 6.07) is 2.10. The Bertz CT molecular complexity index is 259. The summed E-state index contributed by atoms with van der Waals surface area (Å²) >= 11 is 1.70. The number of hydrogen-bond acceptors (Lipinski definition) is 4. The molecular weight excluding hydrogens is 198 g/mol. The van der Waals surface area contributed by atoms with Crippen molar-refractivity contribution >= 4 is 17.3 Å². The maximum atomic E-state index is 10.8. The van der Waals surface area contributed by atoms with Gasteiger partial charge in [0.05, 0.1) is 7.11 Å². The van der Waals surface area contributed by atoms with E-state index in [-0.39, 0.29) is 5.97 Å². The highest BCUT2D eigenvalue weighted by atomic mass is 32.1. The van der Waals surface area contributed by atoms with E-state index in [0.29, 0.717) is 6.42 Å². The van der Waals surface area contributed by atoms with Crippen LogP contribution in [-0.2, 0) is 16.1 Å². The molecule has 0 amide bonds. The van der Waals surface area contributed by atoms with Crippen molar-refractivity contribution in [2.75, 3.05) is 13.7 Å². The molecule has 0 saturated heterocycles. The minimum Gasteiger partial charge on any atom is -0.469 e. The van der Waals surface area contributed by atoms with Crippen molar-refractivity contribution in [2.45, 2.75) is 19.4 Å².